The molecular formula is C19H23N3O6S2. The highest BCUT2D eigenvalue weighted by Crippen LogP contribution is 2.18. The Morgan fingerprint density at radius 1 is 1.07 bits per heavy atom. The molecule has 0 aliphatic carbocycles. The number of benzene rings is 1. The molecule has 9 nitrogen and oxygen atoms in total. The van der Waals surface area contributed by atoms with Gasteiger partial charge < -0.3 is 15.4 Å². The molecule has 0 bridgehead atoms. The molecule has 0 radical (unpaired) electrons. The highest BCUT2D eigenvalue weighted by molar-refractivity contribution is 7.89. The number of nitrogens with one attached hydrogen (secondary N) is 2. The van der Waals surface area contributed by atoms with Gasteiger partial charge in [0.25, 0.3) is 11.8 Å². The van der Waals surface area contributed by atoms with Crippen LogP contribution in [0, 0.1) is 0 Å². The number of hydrogen-bond donors (Lipinski definition) is 2. The van der Waals surface area contributed by atoms with Crippen molar-refractivity contribution in [2.24, 2.45) is 0 Å². The van der Waals surface area contributed by atoms with Crippen LogP contribution in [0.4, 0.5) is 5.69 Å². The van der Waals surface area contributed by atoms with Gasteiger partial charge in [-0.2, -0.15) is 4.31 Å². The normalized spacial score (nSPS) is 11.2. The fraction of sp³-hybridized carbons (Fsp3) is 0.316. The molecule has 2 N–H and O–H groups in total. The van der Waals surface area contributed by atoms with Crippen molar-refractivity contribution >= 4 is 44.8 Å². The van der Waals surface area contributed by atoms with Crippen LogP contribution >= 0.6 is 11.3 Å². The van der Waals surface area contributed by atoms with E-state index in [1.165, 1.54) is 39.9 Å². The van der Waals surface area contributed by atoms with Crippen LogP contribution in [0.25, 0.3) is 0 Å². The Kier molecular flexibility index (Phi) is 8.51. The summed E-state index contributed by atoms with van der Waals surface area (Å²) >= 11 is 1.24. The maximum absolute atomic E-state index is 12.4. The van der Waals surface area contributed by atoms with Crippen LogP contribution in [0.2, 0.25) is 0 Å². The maximum Gasteiger partial charge on any atom is 0.325 e. The summed E-state index contributed by atoms with van der Waals surface area (Å²) in [5.74, 6) is -1.74. The molecule has 2 amide bonds. The lowest BCUT2D eigenvalue weighted by atomic mass is 10.3. The molecule has 0 saturated heterocycles. The van der Waals surface area contributed by atoms with Crippen molar-refractivity contribution in [2.45, 2.75) is 18.7 Å². The van der Waals surface area contributed by atoms with Crippen LogP contribution in [0.5, 0.6) is 0 Å². The Morgan fingerprint density at radius 2 is 1.73 bits per heavy atom. The number of sulfonamides is 1. The molecule has 11 heteroatoms. The smallest absolute Gasteiger partial charge is 0.325 e. The van der Waals surface area contributed by atoms with Gasteiger partial charge in [-0.3, -0.25) is 14.4 Å². The predicted octanol–water partition coefficient (Wildman–Crippen LogP) is 1.69. The fourth-order valence-corrected chi connectivity index (χ4v) is 4.56. The molecule has 0 spiro atoms. The van der Waals surface area contributed by atoms with E-state index >= 15 is 0 Å². The minimum absolute atomic E-state index is 0.122. The third-order valence-corrected chi connectivity index (χ3v) is 6.92. The minimum atomic E-state index is -3.58. The predicted molar refractivity (Wildman–Crippen MR) is 113 cm³/mol. The monoisotopic (exact) mass is 453 g/mol. The quantitative estimate of drug-likeness (QED) is 0.528. The largest absolute Gasteiger partial charge is 0.454 e. The number of ether oxygens (including phenoxy) is 1. The number of anilines is 1. The molecule has 1 heterocycles. The van der Waals surface area contributed by atoms with Gasteiger partial charge in [-0.05, 0) is 35.7 Å². The molecule has 1 aromatic carbocycles. The summed E-state index contributed by atoms with van der Waals surface area (Å²) in [6, 6.07) is 9.05. The summed E-state index contributed by atoms with van der Waals surface area (Å²) in [6.07, 6.45) is 0. The zero-order valence-electron chi connectivity index (χ0n) is 16.6. The molecule has 0 saturated carbocycles. The Hall–Kier alpha value is -2.76. The molecule has 0 atom stereocenters. The average Bonchev–Trinajstić information content (AvgIpc) is 3.26. The van der Waals surface area contributed by atoms with Gasteiger partial charge in [-0.15, -0.1) is 11.3 Å². The molecule has 1 aromatic heterocycles. The van der Waals surface area contributed by atoms with Crippen LogP contribution in [0.3, 0.4) is 0 Å². The molecule has 0 aliphatic heterocycles. The fourth-order valence-electron chi connectivity index (χ4n) is 2.46. The van der Waals surface area contributed by atoms with E-state index in [1.54, 1.807) is 31.4 Å². The van der Waals surface area contributed by atoms with Gasteiger partial charge >= 0.3 is 5.97 Å². The van der Waals surface area contributed by atoms with Gasteiger partial charge in [0.1, 0.15) is 6.54 Å². The number of carbonyl (C=O) groups is 3. The summed E-state index contributed by atoms with van der Waals surface area (Å²) < 4.78 is 31.0. The molecule has 2 aromatic rings. The minimum Gasteiger partial charge on any atom is -0.454 e. The van der Waals surface area contributed by atoms with Gasteiger partial charge in [-0.25, -0.2) is 8.42 Å². The van der Waals surface area contributed by atoms with Crippen LogP contribution in [-0.2, 0) is 24.3 Å². The first kappa shape index (κ1) is 23.5. The molecule has 0 unspecified atom stereocenters. The van der Waals surface area contributed by atoms with Crippen molar-refractivity contribution in [3.8, 4) is 0 Å². The first-order valence-corrected chi connectivity index (χ1v) is 11.5. The van der Waals surface area contributed by atoms with Crippen molar-refractivity contribution in [2.75, 3.05) is 31.6 Å². The van der Waals surface area contributed by atoms with Gasteiger partial charge in [0.05, 0.1) is 9.77 Å². The Balaban J connectivity index is 1.80. The maximum atomic E-state index is 12.4. The number of carbonyl (C=O) groups excluding carboxylic acids is 3. The van der Waals surface area contributed by atoms with Gasteiger partial charge in [-0.1, -0.05) is 19.9 Å². The molecule has 0 fully saturated rings. The van der Waals surface area contributed by atoms with Crippen molar-refractivity contribution in [1.82, 2.24) is 9.62 Å². The standard InChI is InChI=1S/C19H23N3O6S2/c1-3-22(4-2)30(26,27)15-9-7-14(8-10-15)21-17(23)13-28-18(24)12-20-19(25)16-6-5-11-29-16/h5-11H,3-4,12-13H2,1-2H3,(H,20,25)(H,21,23). The number of amides is 2. The van der Waals surface area contributed by atoms with Crippen LogP contribution in [-0.4, -0.2) is 56.7 Å². The van der Waals surface area contributed by atoms with E-state index in [2.05, 4.69) is 10.6 Å². The lowest BCUT2D eigenvalue weighted by Crippen LogP contribution is -2.31. The molecule has 30 heavy (non-hydrogen) atoms. The SMILES string of the molecule is CCN(CC)S(=O)(=O)c1ccc(NC(=O)COC(=O)CNC(=O)c2cccs2)cc1. The van der Waals surface area contributed by atoms with Gasteiger partial charge in [0.2, 0.25) is 10.0 Å². The molecule has 0 aliphatic rings. The summed E-state index contributed by atoms with van der Waals surface area (Å²) in [5, 5.41) is 6.65. The van der Waals surface area contributed by atoms with Crippen molar-refractivity contribution < 1.29 is 27.5 Å². The second-order valence-electron chi connectivity index (χ2n) is 5.98. The van der Waals surface area contributed by atoms with E-state index < -0.39 is 34.4 Å². The summed E-state index contributed by atoms with van der Waals surface area (Å²) in [5.41, 5.74) is 0.362. The third-order valence-electron chi connectivity index (χ3n) is 3.98. The van der Waals surface area contributed by atoms with E-state index in [0.717, 1.165) is 0 Å². The Bertz CT molecular complexity index is 968. The number of thiophene rings is 1. The van der Waals surface area contributed by atoms with Crippen LogP contribution in [0.15, 0.2) is 46.7 Å². The highest BCUT2D eigenvalue weighted by Gasteiger charge is 2.21. The molecular weight excluding hydrogens is 430 g/mol. The summed E-state index contributed by atoms with van der Waals surface area (Å²) in [4.78, 5) is 35.9. The summed E-state index contributed by atoms with van der Waals surface area (Å²) in [6.45, 7) is 3.33. The first-order valence-electron chi connectivity index (χ1n) is 9.15. The Labute approximate surface area is 179 Å². The zero-order valence-corrected chi connectivity index (χ0v) is 18.2. The van der Waals surface area contributed by atoms with Crippen molar-refractivity contribution in [3.05, 3.63) is 46.7 Å². The lowest BCUT2D eigenvalue weighted by Gasteiger charge is -2.18. The van der Waals surface area contributed by atoms with Crippen LogP contribution in [0.1, 0.15) is 23.5 Å². The Morgan fingerprint density at radius 3 is 2.30 bits per heavy atom. The van der Waals surface area contributed by atoms with E-state index in [0.29, 0.717) is 23.7 Å². The second-order valence-corrected chi connectivity index (χ2v) is 8.87. The lowest BCUT2D eigenvalue weighted by molar-refractivity contribution is -0.146. The van der Waals surface area contributed by atoms with Crippen molar-refractivity contribution in [1.29, 1.82) is 0 Å². The third kappa shape index (κ3) is 6.37. The highest BCUT2D eigenvalue weighted by atomic mass is 32.2. The van der Waals surface area contributed by atoms with E-state index in [9.17, 15) is 22.8 Å². The first-order chi connectivity index (χ1) is 14.3. The van der Waals surface area contributed by atoms with E-state index in [-0.39, 0.29) is 11.4 Å². The van der Waals surface area contributed by atoms with Gasteiger partial charge in [0, 0.05) is 18.8 Å². The number of hydrogen-bond acceptors (Lipinski definition) is 7. The van der Waals surface area contributed by atoms with E-state index in [1.807, 2.05) is 0 Å². The zero-order chi connectivity index (χ0) is 22.1. The topological polar surface area (TPSA) is 122 Å². The molecule has 162 valence electrons. The van der Waals surface area contributed by atoms with Gasteiger partial charge in [0.15, 0.2) is 6.61 Å². The summed E-state index contributed by atoms with van der Waals surface area (Å²) in [7, 11) is -3.58. The number of nitrogens with zero attached hydrogens (tertiary/aromatic N) is 1. The van der Waals surface area contributed by atoms with Crippen LogP contribution < -0.4 is 10.6 Å². The second kappa shape index (κ2) is 10.9. The number of rotatable bonds is 10. The van der Waals surface area contributed by atoms with E-state index in [4.69, 9.17) is 4.74 Å². The molecule has 2 rings (SSSR count). The average molecular weight is 454 g/mol. The van der Waals surface area contributed by atoms with Crippen molar-refractivity contribution in [3.63, 3.8) is 0 Å². The number of esters is 1.